The number of aliphatic imine (C=N–C) groups is 1. The van der Waals surface area contributed by atoms with Gasteiger partial charge in [0.1, 0.15) is 16.5 Å². The van der Waals surface area contributed by atoms with Crippen LogP contribution in [0.4, 0.5) is 4.39 Å². The smallest absolute Gasteiger partial charge is 0.193 e. The van der Waals surface area contributed by atoms with Crippen LogP contribution in [-0.2, 0) is 16.4 Å². The molecular formula is C19H24FN3O3S. The summed E-state index contributed by atoms with van der Waals surface area (Å²) in [4.78, 5) is 5.74. The third kappa shape index (κ3) is 5.43. The first-order chi connectivity index (χ1) is 12.9. The number of nitrogens with zero attached hydrogens (tertiary/aromatic N) is 2. The zero-order valence-corrected chi connectivity index (χ0v) is 16.5. The quantitative estimate of drug-likeness (QED) is 0.577. The van der Waals surface area contributed by atoms with Crippen LogP contribution in [0, 0.1) is 5.82 Å². The zero-order chi connectivity index (χ0) is 19.9. The maximum Gasteiger partial charge on any atom is 0.193 e. The Bertz CT molecular complexity index is 901. The Morgan fingerprint density at radius 2 is 1.85 bits per heavy atom. The van der Waals surface area contributed by atoms with Gasteiger partial charge in [-0.1, -0.05) is 30.3 Å². The number of guanidine groups is 1. The molecule has 0 heterocycles. The third-order valence-corrected chi connectivity index (χ3v) is 5.74. The normalized spacial score (nSPS) is 11.9. The molecule has 27 heavy (non-hydrogen) atoms. The van der Waals surface area contributed by atoms with Crippen molar-refractivity contribution < 1.29 is 17.5 Å². The number of halogens is 1. The van der Waals surface area contributed by atoms with Gasteiger partial charge in [0.2, 0.25) is 0 Å². The second-order valence-electron chi connectivity index (χ2n) is 5.89. The number of benzene rings is 2. The lowest BCUT2D eigenvalue weighted by molar-refractivity contribution is 0.396. The van der Waals surface area contributed by atoms with E-state index in [0.29, 0.717) is 12.5 Å². The Kier molecular flexibility index (Phi) is 7.18. The lowest BCUT2D eigenvalue weighted by Crippen LogP contribution is -2.40. The van der Waals surface area contributed by atoms with Crippen LogP contribution in [0.2, 0.25) is 0 Å². The number of para-hydroxylation sites is 1. The van der Waals surface area contributed by atoms with Crippen molar-refractivity contribution in [2.24, 2.45) is 4.99 Å². The van der Waals surface area contributed by atoms with Crippen molar-refractivity contribution in [1.29, 1.82) is 0 Å². The van der Waals surface area contributed by atoms with E-state index in [0.717, 1.165) is 17.4 Å². The number of ether oxygens (including phenoxy) is 1. The molecule has 0 unspecified atom stereocenters. The average Bonchev–Trinajstić information content (AvgIpc) is 2.65. The Hall–Kier alpha value is -2.61. The average molecular weight is 393 g/mol. The molecule has 0 amide bonds. The number of rotatable bonds is 7. The van der Waals surface area contributed by atoms with Crippen molar-refractivity contribution in [1.82, 2.24) is 10.2 Å². The maximum atomic E-state index is 13.7. The molecule has 2 aromatic carbocycles. The van der Waals surface area contributed by atoms with Crippen molar-refractivity contribution in [2.75, 3.05) is 33.5 Å². The SMILES string of the molecule is CN=C(NCCS(=O)(=O)c1ccccc1F)N(C)Cc1ccccc1OC. The van der Waals surface area contributed by atoms with Crippen LogP contribution < -0.4 is 10.1 Å². The summed E-state index contributed by atoms with van der Waals surface area (Å²) < 4.78 is 43.7. The Morgan fingerprint density at radius 3 is 2.52 bits per heavy atom. The van der Waals surface area contributed by atoms with Gasteiger partial charge >= 0.3 is 0 Å². The van der Waals surface area contributed by atoms with E-state index in [9.17, 15) is 12.8 Å². The molecule has 0 aliphatic heterocycles. The molecule has 2 rings (SSSR count). The first-order valence-electron chi connectivity index (χ1n) is 8.40. The molecule has 0 saturated heterocycles. The van der Waals surface area contributed by atoms with Crippen molar-refractivity contribution >= 4 is 15.8 Å². The van der Waals surface area contributed by atoms with Crippen LogP contribution in [0.15, 0.2) is 58.4 Å². The summed E-state index contributed by atoms with van der Waals surface area (Å²) in [5, 5.41) is 3.01. The minimum atomic E-state index is -3.72. The summed E-state index contributed by atoms with van der Waals surface area (Å²) in [5.41, 5.74) is 0.976. The summed E-state index contributed by atoms with van der Waals surface area (Å²) in [6.45, 7) is 0.642. The Morgan fingerprint density at radius 1 is 1.19 bits per heavy atom. The zero-order valence-electron chi connectivity index (χ0n) is 15.6. The van der Waals surface area contributed by atoms with E-state index >= 15 is 0 Å². The summed E-state index contributed by atoms with van der Waals surface area (Å²) in [6, 6.07) is 13.0. The topological polar surface area (TPSA) is 71.0 Å². The molecule has 0 radical (unpaired) electrons. The van der Waals surface area contributed by atoms with E-state index in [-0.39, 0.29) is 17.2 Å². The van der Waals surface area contributed by atoms with Gasteiger partial charge < -0.3 is 15.0 Å². The molecule has 1 N–H and O–H groups in total. The number of sulfone groups is 1. The lowest BCUT2D eigenvalue weighted by Gasteiger charge is -2.23. The predicted octanol–water partition coefficient (Wildman–Crippen LogP) is 2.32. The highest BCUT2D eigenvalue weighted by atomic mass is 32.2. The van der Waals surface area contributed by atoms with Crippen LogP contribution in [0.1, 0.15) is 5.56 Å². The monoisotopic (exact) mass is 393 g/mol. The second kappa shape index (κ2) is 9.36. The molecule has 2 aromatic rings. The summed E-state index contributed by atoms with van der Waals surface area (Å²) in [7, 11) is 1.35. The summed E-state index contributed by atoms with van der Waals surface area (Å²) in [6.07, 6.45) is 0. The minimum absolute atomic E-state index is 0.111. The Labute approximate surface area is 159 Å². The number of hydrogen-bond donors (Lipinski definition) is 1. The molecule has 0 atom stereocenters. The highest BCUT2D eigenvalue weighted by Crippen LogP contribution is 2.19. The first-order valence-corrected chi connectivity index (χ1v) is 10.0. The fourth-order valence-electron chi connectivity index (χ4n) is 2.65. The van der Waals surface area contributed by atoms with E-state index in [1.54, 1.807) is 14.2 Å². The van der Waals surface area contributed by atoms with Crippen LogP contribution in [0.3, 0.4) is 0 Å². The molecule has 6 nitrogen and oxygen atoms in total. The maximum absolute atomic E-state index is 13.7. The molecule has 146 valence electrons. The van der Waals surface area contributed by atoms with Gasteiger partial charge in [-0.3, -0.25) is 4.99 Å². The van der Waals surface area contributed by atoms with Gasteiger partial charge in [-0.25, -0.2) is 12.8 Å². The molecule has 0 aliphatic carbocycles. The van der Waals surface area contributed by atoms with Crippen LogP contribution in [0.5, 0.6) is 5.75 Å². The first kappa shape index (κ1) is 20.7. The summed E-state index contributed by atoms with van der Waals surface area (Å²) >= 11 is 0. The Balaban J connectivity index is 1.98. The van der Waals surface area contributed by atoms with Crippen molar-refractivity contribution in [2.45, 2.75) is 11.4 Å². The third-order valence-electron chi connectivity index (χ3n) is 4.00. The molecule has 0 aromatic heterocycles. The number of hydrogen-bond acceptors (Lipinski definition) is 4. The highest BCUT2D eigenvalue weighted by Gasteiger charge is 2.19. The highest BCUT2D eigenvalue weighted by molar-refractivity contribution is 7.91. The number of methoxy groups -OCH3 is 1. The van der Waals surface area contributed by atoms with Crippen LogP contribution >= 0.6 is 0 Å². The summed E-state index contributed by atoms with van der Waals surface area (Å²) in [5.74, 6) is 0.317. The van der Waals surface area contributed by atoms with Gasteiger partial charge in [-0.2, -0.15) is 0 Å². The van der Waals surface area contributed by atoms with Gasteiger partial charge in [0.05, 0.1) is 12.9 Å². The largest absolute Gasteiger partial charge is 0.496 e. The minimum Gasteiger partial charge on any atom is -0.496 e. The fourth-order valence-corrected chi connectivity index (χ4v) is 3.89. The van der Waals surface area contributed by atoms with E-state index in [2.05, 4.69) is 10.3 Å². The van der Waals surface area contributed by atoms with Crippen molar-refractivity contribution in [3.63, 3.8) is 0 Å². The van der Waals surface area contributed by atoms with E-state index in [1.165, 1.54) is 18.2 Å². The fraction of sp³-hybridized carbons (Fsp3) is 0.316. The lowest BCUT2D eigenvalue weighted by atomic mass is 10.2. The van der Waals surface area contributed by atoms with Crippen molar-refractivity contribution in [3.05, 3.63) is 59.9 Å². The molecule has 0 saturated carbocycles. The standard InChI is InChI=1S/C19H24FN3O3S/c1-21-19(23(2)14-15-8-4-6-10-17(15)26-3)22-12-13-27(24,25)18-11-7-5-9-16(18)20/h4-11H,12-14H2,1-3H3,(H,21,22). The van der Waals surface area contributed by atoms with Gasteiger partial charge in [0.15, 0.2) is 15.8 Å². The van der Waals surface area contributed by atoms with E-state index in [4.69, 9.17) is 4.74 Å². The van der Waals surface area contributed by atoms with Gasteiger partial charge in [0.25, 0.3) is 0 Å². The van der Waals surface area contributed by atoms with Gasteiger partial charge in [-0.05, 0) is 18.2 Å². The molecule has 8 heteroatoms. The van der Waals surface area contributed by atoms with Gasteiger partial charge in [-0.15, -0.1) is 0 Å². The predicted molar refractivity (Wildman–Crippen MR) is 104 cm³/mol. The molecule has 0 bridgehead atoms. The molecule has 0 aliphatic rings. The van der Waals surface area contributed by atoms with Crippen LogP contribution in [0.25, 0.3) is 0 Å². The number of nitrogens with one attached hydrogen (secondary N) is 1. The molecule has 0 fully saturated rings. The van der Waals surface area contributed by atoms with Gasteiger partial charge in [0, 0.05) is 32.7 Å². The second-order valence-corrected chi connectivity index (χ2v) is 7.97. The van der Waals surface area contributed by atoms with Crippen LogP contribution in [-0.4, -0.2) is 52.8 Å². The molecule has 0 spiro atoms. The van der Waals surface area contributed by atoms with E-state index < -0.39 is 15.7 Å². The van der Waals surface area contributed by atoms with Crippen molar-refractivity contribution in [3.8, 4) is 5.75 Å². The molecular weight excluding hydrogens is 369 g/mol. The van der Waals surface area contributed by atoms with E-state index in [1.807, 2.05) is 36.2 Å².